The molecule has 0 aliphatic rings. The third kappa shape index (κ3) is 2.27. The first-order valence-electron chi connectivity index (χ1n) is 4.48. The van der Waals surface area contributed by atoms with Crippen molar-refractivity contribution in [3.63, 3.8) is 0 Å². The molecule has 1 rings (SSSR count). The number of aromatic hydroxyl groups is 1. The van der Waals surface area contributed by atoms with E-state index in [1.54, 1.807) is 0 Å². The number of phenolic OH excluding ortho intramolecular Hbond substituents is 1. The maximum absolute atomic E-state index is 10.6. The minimum atomic E-state index is -0.926. The highest BCUT2D eigenvalue weighted by Crippen LogP contribution is 2.34. The summed E-state index contributed by atoms with van der Waals surface area (Å²) in [6, 6.07) is 1.46. The van der Waals surface area contributed by atoms with Gasteiger partial charge in [0.25, 0.3) is 0 Å². The van der Waals surface area contributed by atoms with Gasteiger partial charge in [0.05, 0.1) is 24.2 Å². The van der Waals surface area contributed by atoms with Crippen LogP contribution < -0.4 is 5.73 Å². The van der Waals surface area contributed by atoms with Crippen LogP contribution >= 0.6 is 0 Å². The Balaban J connectivity index is 3.37. The molecule has 0 aromatic heterocycles. The lowest BCUT2D eigenvalue weighted by Gasteiger charge is -2.12. The van der Waals surface area contributed by atoms with Crippen molar-refractivity contribution in [2.45, 2.75) is 12.6 Å². The summed E-state index contributed by atoms with van der Waals surface area (Å²) in [5.41, 5.74) is 5.23. The van der Waals surface area contributed by atoms with Gasteiger partial charge in [-0.15, -0.1) is 0 Å². The number of phenols is 1. The fourth-order valence-corrected chi connectivity index (χ4v) is 1.31. The van der Waals surface area contributed by atoms with E-state index in [4.69, 9.17) is 15.9 Å². The lowest BCUT2D eigenvalue weighted by atomic mass is 10.0. The minimum absolute atomic E-state index is 0.0424. The largest absolute Gasteiger partial charge is 0.502 e. The topological polar surface area (TPSA) is 130 Å². The summed E-state index contributed by atoms with van der Waals surface area (Å²) in [5.74, 6) is -0.580. The molecule has 88 valence electrons. The molecular formula is C9H12N2O5. The third-order valence-corrected chi connectivity index (χ3v) is 2.15. The maximum Gasteiger partial charge on any atom is 0.311 e. The van der Waals surface area contributed by atoms with Crippen molar-refractivity contribution in [2.75, 3.05) is 6.61 Å². The predicted octanol–water partition coefficient (Wildman–Crippen LogP) is -0.215. The molecule has 1 aromatic rings. The molecule has 7 nitrogen and oxygen atoms in total. The average Bonchev–Trinajstić information content (AvgIpc) is 2.28. The van der Waals surface area contributed by atoms with Gasteiger partial charge in [-0.2, -0.15) is 0 Å². The van der Waals surface area contributed by atoms with Crippen LogP contribution in [0.2, 0.25) is 0 Å². The van der Waals surface area contributed by atoms with Crippen molar-refractivity contribution in [3.05, 3.63) is 33.4 Å². The number of nitrogens with zero attached hydrogens (tertiary/aromatic N) is 1. The van der Waals surface area contributed by atoms with Crippen LogP contribution in [0.25, 0.3) is 0 Å². The summed E-state index contributed by atoms with van der Waals surface area (Å²) in [6.07, 6.45) is 0. The van der Waals surface area contributed by atoms with Crippen molar-refractivity contribution in [1.29, 1.82) is 0 Å². The first-order chi connectivity index (χ1) is 7.51. The van der Waals surface area contributed by atoms with Crippen molar-refractivity contribution >= 4 is 5.69 Å². The summed E-state index contributed by atoms with van der Waals surface area (Å²) in [4.78, 5) is 9.84. The Hall–Kier alpha value is -1.70. The Kier molecular flexibility index (Phi) is 3.78. The van der Waals surface area contributed by atoms with Gasteiger partial charge in [-0.25, -0.2) is 0 Å². The molecule has 7 heteroatoms. The van der Waals surface area contributed by atoms with Gasteiger partial charge in [-0.05, 0) is 11.6 Å². The summed E-state index contributed by atoms with van der Waals surface area (Å²) in [7, 11) is 0. The summed E-state index contributed by atoms with van der Waals surface area (Å²) in [6.45, 7) is -0.869. The first kappa shape index (κ1) is 12.4. The summed E-state index contributed by atoms with van der Waals surface area (Å²) in [5, 5.41) is 37.9. The van der Waals surface area contributed by atoms with E-state index in [0.29, 0.717) is 0 Å². The molecule has 0 amide bonds. The number of nitro benzene ring substituents is 1. The van der Waals surface area contributed by atoms with Gasteiger partial charge in [0.2, 0.25) is 0 Å². The fraction of sp³-hybridized carbons (Fsp3) is 0.333. The Morgan fingerprint density at radius 2 is 2.06 bits per heavy atom. The van der Waals surface area contributed by atoms with Crippen LogP contribution in [0.5, 0.6) is 5.75 Å². The molecule has 0 unspecified atom stereocenters. The number of benzene rings is 1. The highest BCUT2D eigenvalue weighted by Gasteiger charge is 2.21. The smallest absolute Gasteiger partial charge is 0.311 e. The Morgan fingerprint density at radius 1 is 1.44 bits per heavy atom. The second-order valence-corrected chi connectivity index (χ2v) is 3.26. The van der Waals surface area contributed by atoms with E-state index in [1.165, 1.54) is 6.07 Å². The number of hydrogen-bond acceptors (Lipinski definition) is 6. The highest BCUT2D eigenvalue weighted by molar-refractivity contribution is 5.54. The van der Waals surface area contributed by atoms with Gasteiger partial charge in [-0.3, -0.25) is 10.1 Å². The molecule has 5 N–H and O–H groups in total. The third-order valence-electron chi connectivity index (χ3n) is 2.15. The number of nitrogens with two attached hydrogens (primary N) is 1. The number of aliphatic hydroxyl groups is 2. The van der Waals surface area contributed by atoms with Crippen molar-refractivity contribution in [1.82, 2.24) is 0 Å². The molecule has 0 radical (unpaired) electrons. The van der Waals surface area contributed by atoms with Crippen molar-refractivity contribution < 1.29 is 20.2 Å². The SMILES string of the molecule is N[C@@H](CO)c1cc(CO)cc([N+](=O)[O-])c1O. The van der Waals surface area contributed by atoms with Crippen LogP contribution in [0, 0.1) is 10.1 Å². The second-order valence-electron chi connectivity index (χ2n) is 3.26. The van der Waals surface area contributed by atoms with E-state index in [2.05, 4.69) is 0 Å². The fourth-order valence-electron chi connectivity index (χ4n) is 1.31. The van der Waals surface area contributed by atoms with Crippen LogP contribution in [0.4, 0.5) is 5.69 Å². The first-order valence-corrected chi connectivity index (χ1v) is 4.48. The minimum Gasteiger partial charge on any atom is -0.502 e. The molecule has 1 atom stereocenters. The molecule has 16 heavy (non-hydrogen) atoms. The zero-order valence-corrected chi connectivity index (χ0v) is 8.33. The zero-order chi connectivity index (χ0) is 12.3. The van der Waals surface area contributed by atoms with E-state index >= 15 is 0 Å². The molecule has 0 bridgehead atoms. The number of nitro groups is 1. The second kappa shape index (κ2) is 4.88. The highest BCUT2D eigenvalue weighted by atomic mass is 16.6. The van der Waals surface area contributed by atoms with Crippen molar-refractivity contribution in [2.24, 2.45) is 5.73 Å². The zero-order valence-electron chi connectivity index (χ0n) is 8.33. The molecule has 0 fully saturated rings. The van der Waals surface area contributed by atoms with Gasteiger partial charge in [0.15, 0.2) is 5.75 Å². The molecule has 0 saturated heterocycles. The summed E-state index contributed by atoms with van der Waals surface area (Å²) < 4.78 is 0. The lowest BCUT2D eigenvalue weighted by molar-refractivity contribution is -0.386. The molecule has 0 spiro atoms. The molecule has 0 aliphatic carbocycles. The van der Waals surface area contributed by atoms with E-state index in [1.807, 2.05) is 0 Å². The average molecular weight is 228 g/mol. The number of hydrogen-bond donors (Lipinski definition) is 4. The Labute approximate surface area is 90.9 Å². The van der Waals surface area contributed by atoms with Gasteiger partial charge in [0, 0.05) is 11.6 Å². The normalized spacial score (nSPS) is 12.4. The van der Waals surface area contributed by atoms with Crippen LogP contribution in [0.1, 0.15) is 17.2 Å². The standard InChI is InChI=1S/C9H12N2O5/c10-7(4-13)6-1-5(3-12)2-8(9(6)14)11(15)16/h1-2,7,12-14H,3-4,10H2/t7-/m0/s1. The predicted molar refractivity (Wildman–Crippen MR) is 54.7 cm³/mol. The number of aliphatic hydroxyl groups excluding tert-OH is 2. The van der Waals surface area contributed by atoms with Gasteiger partial charge in [0.1, 0.15) is 0 Å². The maximum atomic E-state index is 10.6. The van der Waals surface area contributed by atoms with E-state index in [9.17, 15) is 15.2 Å². The molecule has 0 heterocycles. The van der Waals surface area contributed by atoms with Gasteiger partial charge in [-0.1, -0.05) is 0 Å². The number of rotatable bonds is 4. The lowest BCUT2D eigenvalue weighted by Crippen LogP contribution is -2.15. The van der Waals surface area contributed by atoms with Gasteiger partial charge < -0.3 is 21.1 Å². The Bertz CT molecular complexity index is 407. The Morgan fingerprint density at radius 3 is 2.50 bits per heavy atom. The quantitative estimate of drug-likeness (QED) is 0.416. The van der Waals surface area contributed by atoms with Crippen LogP contribution in [-0.2, 0) is 6.61 Å². The van der Waals surface area contributed by atoms with Gasteiger partial charge >= 0.3 is 5.69 Å². The van der Waals surface area contributed by atoms with E-state index < -0.39 is 35.6 Å². The molecule has 0 aliphatic heterocycles. The van der Waals surface area contributed by atoms with E-state index in [-0.39, 0.29) is 11.1 Å². The van der Waals surface area contributed by atoms with Crippen molar-refractivity contribution in [3.8, 4) is 5.75 Å². The summed E-state index contributed by atoms with van der Waals surface area (Å²) >= 11 is 0. The van der Waals surface area contributed by atoms with E-state index in [0.717, 1.165) is 6.07 Å². The molecular weight excluding hydrogens is 216 g/mol. The molecule has 0 saturated carbocycles. The van der Waals surface area contributed by atoms with Crippen LogP contribution in [0.15, 0.2) is 12.1 Å². The van der Waals surface area contributed by atoms with Crippen LogP contribution in [0.3, 0.4) is 0 Å². The monoisotopic (exact) mass is 228 g/mol. The van der Waals surface area contributed by atoms with Crippen LogP contribution in [-0.4, -0.2) is 26.8 Å². The molecule has 1 aromatic carbocycles.